The molecule has 28 heavy (non-hydrogen) atoms. The van der Waals surface area contributed by atoms with Gasteiger partial charge in [-0.2, -0.15) is 0 Å². The average molecular weight is 394 g/mol. The Morgan fingerprint density at radius 1 is 1.04 bits per heavy atom. The molecule has 0 aromatic heterocycles. The Morgan fingerprint density at radius 3 is 2.21 bits per heavy atom. The lowest BCUT2D eigenvalue weighted by Crippen LogP contribution is -2.50. The van der Waals surface area contributed by atoms with Crippen molar-refractivity contribution < 1.29 is 19.5 Å². The molecule has 2 heterocycles. The molecule has 1 saturated carbocycles. The minimum Gasteiger partial charge on any atom is -0.390 e. The van der Waals surface area contributed by atoms with E-state index in [0.717, 1.165) is 32.1 Å². The van der Waals surface area contributed by atoms with Gasteiger partial charge in [0.05, 0.1) is 5.60 Å². The highest BCUT2D eigenvalue weighted by Gasteiger charge is 2.39. The van der Waals surface area contributed by atoms with Gasteiger partial charge in [0.1, 0.15) is 6.04 Å². The number of amides is 3. The summed E-state index contributed by atoms with van der Waals surface area (Å²) in [7, 11) is 0. The van der Waals surface area contributed by atoms with Crippen LogP contribution >= 0.6 is 0 Å². The van der Waals surface area contributed by atoms with Gasteiger partial charge in [-0.05, 0) is 64.2 Å². The average Bonchev–Trinajstić information content (AvgIpc) is 3.16. The van der Waals surface area contributed by atoms with Gasteiger partial charge in [0, 0.05) is 31.5 Å². The number of nitrogens with two attached hydrogens (primary N) is 1. The minimum absolute atomic E-state index is 0.0240. The van der Waals surface area contributed by atoms with Gasteiger partial charge in [-0.3, -0.25) is 14.4 Å². The summed E-state index contributed by atoms with van der Waals surface area (Å²) in [6, 6.07) is -0.462. The first-order chi connectivity index (χ1) is 13.2. The molecule has 7 heteroatoms. The standard InChI is InChI=1S/C21H35N3O4/c1-14(15-5-9-21(2,28)10-6-15)19(26)23-12-7-16(8-13-23)20(27)24-11-3-4-17(24)18(22)25/h14-17,28H,3-13H2,1-2H3,(H2,22,25). The second kappa shape index (κ2) is 8.39. The first-order valence-electron chi connectivity index (χ1n) is 10.8. The molecule has 3 amide bonds. The Kier molecular flexibility index (Phi) is 6.32. The fourth-order valence-corrected chi connectivity index (χ4v) is 5.16. The molecule has 0 radical (unpaired) electrons. The van der Waals surface area contributed by atoms with E-state index in [1.807, 2.05) is 18.7 Å². The van der Waals surface area contributed by atoms with Crippen LogP contribution in [0.1, 0.15) is 65.2 Å². The number of piperidine rings is 1. The molecule has 3 fully saturated rings. The molecule has 0 bridgehead atoms. The minimum atomic E-state index is -0.587. The highest BCUT2D eigenvalue weighted by atomic mass is 16.3. The zero-order valence-electron chi connectivity index (χ0n) is 17.2. The number of nitrogens with zero attached hydrogens (tertiary/aromatic N) is 2. The van der Waals surface area contributed by atoms with Crippen LogP contribution in [0.4, 0.5) is 0 Å². The van der Waals surface area contributed by atoms with E-state index >= 15 is 0 Å². The molecule has 7 nitrogen and oxygen atoms in total. The quantitative estimate of drug-likeness (QED) is 0.751. The maximum atomic E-state index is 12.9. The largest absolute Gasteiger partial charge is 0.390 e. The maximum Gasteiger partial charge on any atom is 0.240 e. The van der Waals surface area contributed by atoms with Crippen molar-refractivity contribution in [2.75, 3.05) is 19.6 Å². The third kappa shape index (κ3) is 4.50. The molecule has 1 aliphatic carbocycles. The lowest BCUT2D eigenvalue weighted by atomic mass is 9.74. The van der Waals surface area contributed by atoms with Crippen molar-refractivity contribution in [2.24, 2.45) is 23.5 Å². The van der Waals surface area contributed by atoms with Crippen LogP contribution in [0.3, 0.4) is 0 Å². The van der Waals surface area contributed by atoms with Crippen LogP contribution in [0.15, 0.2) is 0 Å². The van der Waals surface area contributed by atoms with Crippen LogP contribution in [0, 0.1) is 17.8 Å². The van der Waals surface area contributed by atoms with E-state index in [2.05, 4.69) is 0 Å². The van der Waals surface area contributed by atoms with Crippen molar-refractivity contribution in [1.82, 2.24) is 9.80 Å². The Hall–Kier alpha value is -1.63. The SMILES string of the molecule is CC(C(=O)N1CCC(C(=O)N2CCCC2C(N)=O)CC1)C1CCC(C)(O)CC1. The highest BCUT2D eigenvalue weighted by Crippen LogP contribution is 2.36. The number of carbonyl (C=O) groups is 3. The molecular weight excluding hydrogens is 358 g/mol. The van der Waals surface area contributed by atoms with Crippen LogP contribution in [-0.4, -0.2) is 63.9 Å². The van der Waals surface area contributed by atoms with Crippen molar-refractivity contribution in [3.05, 3.63) is 0 Å². The van der Waals surface area contributed by atoms with Crippen molar-refractivity contribution in [2.45, 2.75) is 76.9 Å². The van der Waals surface area contributed by atoms with E-state index in [1.54, 1.807) is 4.90 Å². The molecular formula is C21H35N3O4. The molecule has 0 spiro atoms. The topological polar surface area (TPSA) is 104 Å². The first kappa shape index (κ1) is 21.1. The van der Waals surface area contributed by atoms with Gasteiger partial charge in [-0.25, -0.2) is 0 Å². The first-order valence-corrected chi connectivity index (χ1v) is 10.8. The summed E-state index contributed by atoms with van der Waals surface area (Å²) in [4.78, 5) is 40.9. The molecule has 0 aromatic rings. The number of aliphatic hydroxyl groups is 1. The van der Waals surface area contributed by atoms with Gasteiger partial charge in [-0.15, -0.1) is 0 Å². The number of carbonyl (C=O) groups excluding carboxylic acids is 3. The molecule has 3 rings (SSSR count). The van der Waals surface area contributed by atoms with Gasteiger partial charge in [0.25, 0.3) is 0 Å². The number of hydrogen-bond donors (Lipinski definition) is 2. The summed E-state index contributed by atoms with van der Waals surface area (Å²) in [5, 5.41) is 10.1. The predicted octanol–water partition coefficient (Wildman–Crippen LogP) is 1.28. The second-order valence-electron chi connectivity index (χ2n) is 9.31. The van der Waals surface area contributed by atoms with Gasteiger partial charge in [0.2, 0.25) is 17.7 Å². The van der Waals surface area contributed by atoms with E-state index in [9.17, 15) is 19.5 Å². The summed E-state index contributed by atoms with van der Waals surface area (Å²) < 4.78 is 0. The summed E-state index contributed by atoms with van der Waals surface area (Å²) in [5.74, 6) is -0.0541. The Morgan fingerprint density at radius 2 is 1.64 bits per heavy atom. The number of hydrogen-bond acceptors (Lipinski definition) is 4. The Balaban J connectivity index is 1.50. The Labute approximate surface area is 167 Å². The maximum absolute atomic E-state index is 12.9. The van der Waals surface area contributed by atoms with Gasteiger partial charge in [-0.1, -0.05) is 6.92 Å². The van der Waals surface area contributed by atoms with Gasteiger partial charge < -0.3 is 20.6 Å². The van der Waals surface area contributed by atoms with E-state index in [4.69, 9.17) is 5.73 Å². The van der Waals surface area contributed by atoms with E-state index < -0.39 is 17.6 Å². The van der Waals surface area contributed by atoms with E-state index in [1.165, 1.54) is 0 Å². The van der Waals surface area contributed by atoms with Crippen LogP contribution in [0.25, 0.3) is 0 Å². The number of likely N-dealkylation sites (tertiary alicyclic amines) is 2. The third-order valence-electron chi connectivity index (χ3n) is 7.22. The summed E-state index contributed by atoms with van der Waals surface area (Å²) >= 11 is 0. The van der Waals surface area contributed by atoms with Crippen LogP contribution in [0.2, 0.25) is 0 Å². The van der Waals surface area contributed by atoms with Crippen molar-refractivity contribution >= 4 is 17.7 Å². The lowest BCUT2D eigenvalue weighted by Gasteiger charge is -2.39. The molecule has 3 N–H and O–H groups in total. The van der Waals surface area contributed by atoms with E-state index in [-0.39, 0.29) is 23.7 Å². The van der Waals surface area contributed by atoms with Crippen molar-refractivity contribution in [1.29, 1.82) is 0 Å². The number of primary amides is 1. The Bertz CT molecular complexity index is 603. The zero-order valence-corrected chi connectivity index (χ0v) is 17.2. The fraction of sp³-hybridized carbons (Fsp3) is 0.857. The summed E-state index contributed by atoms with van der Waals surface area (Å²) in [5.41, 5.74) is 4.85. The smallest absolute Gasteiger partial charge is 0.240 e. The monoisotopic (exact) mass is 393 g/mol. The molecule has 2 aliphatic heterocycles. The molecule has 2 unspecified atom stereocenters. The molecule has 3 aliphatic rings. The van der Waals surface area contributed by atoms with Crippen LogP contribution in [-0.2, 0) is 14.4 Å². The molecule has 0 aromatic carbocycles. The van der Waals surface area contributed by atoms with Crippen molar-refractivity contribution in [3.63, 3.8) is 0 Å². The van der Waals surface area contributed by atoms with Crippen LogP contribution < -0.4 is 5.73 Å². The lowest BCUT2D eigenvalue weighted by molar-refractivity contribution is -0.145. The number of rotatable bonds is 4. The van der Waals surface area contributed by atoms with Gasteiger partial charge >= 0.3 is 0 Å². The summed E-state index contributed by atoms with van der Waals surface area (Å²) in [6.07, 6.45) is 6.06. The molecule has 2 atom stereocenters. The predicted molar refractivity (Wildman–Crippen MR) is 105 cm³/mol. The fourth-order valence-electron chi connectivity index (χ4n) is 5.16. The normalized spacial score (nSPS) is 33.0. The molecule has 158 valence electrons. The van der Waals surface area contributed by atoms with E-state index in [0.29, 0.717) is 44.8 Å². The third-order valence-corrected chi connectivity index (χ3v) is 7.22. The van der Waals surface area contributed by atoms with Crippen LogP contribution in [0.5, 0.6) is 0 Å². The van der Waals surface area contributed by atoms with Crippen molar-refractivity contribution in [3.8, 4) is 0 Å². The molecule has 2 saturated heterocycles. The van der Waals surface area contributed by atoms with Gasteiger partial charge in [0.15, 0.2) is 0 Å². The second-order valence-corrected chi connectivity index (χ2v) is 9.31. The summed E-state index contributed by atoms with van der Waals surface area (Å²) in [6.45, 7) is 5.68. The zero-order chi connectivity index (χ0) is 20.5. The highest BCUT2D eigenvalue weighted by molar-refractivity contribution is 5.88.